The van der Waals surface area contributed by atoms with E-state index in [-0.39, 0.29) is 11.8 Å². The molecule has 1 amide bonds. The Morgan fingerprint density at radius 2 is 2.06 bits per heavy atom. The summed E-state index contributed by atoms with van der Waals surface area (Å²) in [6.45, 7) is 1.85. The molecule has 1 aromatic carbocycles. The lowest BCUT2D eigenvalue weighted by atomic mass is 10.2. The first-order chi connectivity index (χ1) is 8.70. The summed E-state index contributed by atoms with van der Waals surface area (Å²) in [5.41, 5.74) is 1.00. The number of halogens is 1. The van der Waals surface area contributed by atoms with Crippen molar-refractivity contribution in [1.82, 2.24) is 4.90 Å². The second-order valence-corrected chi connectivity index (χ2v) is 4.48. The van der Waals surface area contributed by atoms with E-state index in [9.17, 15) is 4.79 Å². The maximum Gasteiger partial charge on any atom is 0.237 e. The molecule has 0 aliphatic carbocycles. The molecule has 1 aliphatic rings. The van der Waals surface area contributed by atoms with Gasteiger partial charge in [-0.25, -0.2) is 0 Å². The largest absolute Gasteiger partial charge is 0.490 e. The Morgan fingerprint density at radius 1 is 1.33 bits per heavy atom. The summed E-state index contributed by atoms with van der Waals surface area (Å²) in [6, 6.07) is 5.74. The monoisotopic (exact) mass is 269 g/mol. The van der Waals surface area contributed by atoms with Gasteiger partial charge in [-0.15, -0.1) is 11.6 Å². The predicted octanol–water partition coefficient (Wildman–Crippen LogP) is 2.05. The van der Waals surface area contributed by atoms with Crippen molar-refractivity contribution in [2.24, 2.45) is 0 Å². The lowest BCUT2D eigenvalue weighted by molar-refractivity contribution is -0.127. The fourth-order valence-electron chi connectivity index (χ4n) is 1.77. The third-order valence-electron chi connectivity index (χ3n) is 2.77. The first kappa shape index (κ1) is 13.0. The van der Waals surface area contributed by atoms with E-state index in [2.05, 4.69) is 0 Å². The standard InChI is InChI=1S/C13H16ClNO3/c1-15(13(16)8-14)9-10-3-4-11-12(7-10)18-6-2-5-17-11/h3-4,7H,2,5-6,8-9H2,1H3. The molecule has 18 heavy (non-hydrogen) atoms. The molecule has 0 fully saturated rings. The minimum absolute atomic E-state index is 0.00104. The first-order valence-electron chi connectivity index (χ1n) is 5.89. The van der Waals surface area contributed by atoms with Crippen LogP contribution in [0.25, 0.3) is 0 Å². The second-order valence-electron chi connectivity index (χ2n) is 4.21. The molecule has 0 unspecified atom stereocenters. The lowest BCUT2D eigenvalue weighted by Crippen LogP contribution is -2.27. The van der Waals surface area contributed by atoms with Crippen molar-refractivity contribution < 1.29 is 14.3 Å². The van der Waals surface area contributed by atoms with E-state index in [0.29, 0.717) is 19.8 Å². The highest BCUT2D eigenvalue weighted by atomic mass is 35.5. The van der Waals surface area contributed by atoms with Crippen LogP contribution in [-0.2, 0) is 11.3 Å². The van der Waals surface area contributed by atoms with Crippen LogP contribution in [-0.4, -0.2) is 36.9 Å². The summed E-state index contributed by atoms with van der Waals surface area (Å²) in [6.07, 6.45) is 0.884. The van der Waals surface area contributed by atoms with Gasteiger partial charge in [0.1, 0.15) is 5.88 Å². The number of hydrogen-bond donors (Lipinski definition) is 0. The summed E-state index contributed by atoms with van der Waals surface area (Å²) >= 11 is 5.51. The van der Waals surface area contributed by atoms with Crippen molar-refractivity contribution in [3.63, 3.8) is 0 Å². The third kappa shape index (κ3) is 3.07. The number of fused-ring (bicyclic) bond motifs is 1. The lowest BCUT2D eigenvalue weighted by Gasteiger charge is -2.17. The third-order valence-corrected chi connectivity index (χ3v) is 3.00. The number of benzene rings is 1. The van der Waals surface area contributed by atoms with Crippen LogP contribution in [0.1, 0.15) is 12.0 Å². The Bertz CT molecular complexity index is 436. The van der Waals surface area contributed by atoms with E-state index < -0.39 is 0 Å². The van der Waals surface area contributed by atoms with Crippen molar-refractivity contribution in [2.45, 2.75) is 13.0 Å². The average molecular weight is 270 g/mol. The minimum Gasteiger partial charge on any atom is -0.490 e. The van der Waals surface area contributed by atoms with Gasteiger partial charge in [0, 0.05) is 20.0 Å². The molecule has 1 heterocycles. The van der Waals surface area contributed by atoms with Crippen LogP contribution < -0.4 is 9.47 Å². The van der Waals surface area contributed by atoms with Gasteiger partial charge < -0.3 is 14.4 Å². The van der Waals surface area contributed by atoms with Crippen LogP contribution in [0.15, 0.2) is 18.2 Å². The molecule has 0 saturated carbocycles. The molecular weight excluding hydrogens is 254 g/mol. The summed E-state index contributed by atoms with van der Waals surface area (Å²) in [5, 5.41) is 0. The molecule has 98 valence electrons. The van der Waals surface area contributed by atoms with Crippen LogP contribution in [0.4, 0.5) is 0 Å². The molecule has 1 aliphatic heterocycles. The van der Waals surface area contributed by atoms with Gasteiger partial charge in [0.25, 0.3) is 0 Å². The molecule has 2 rings (SSSR count). The average Bonchev–Trinajstić information content (AvgIpc) is 2.62. The number of rotatable bonds is 3. The molecule has 0 saturated heterocycles. The molecule has 5 heteroatoms. The van der Waals surface area contributed by atoms with Gasteiger partial charge in [0.2, 0.25) is 5.91 Å². The highest BCUT2D eigenvalue weighted by Gasteiger charge is 2.13. The van der Waals surface area contributed by atoms with E-state index >= 15 is 0 Å². The number of ether oxygens (including phenoxy) is 2. The smallest absolute Gasteiger partial charge is 0.237 e. The molecular formula is C13H16ClNO3. The van der Waals surface area contributed by atoms with Gasteiger partial charge in [-0.2, -0.15) is 0 Å². The maximum atomic E-state index is 11.4. The van der Waals surface area contributed by atoms with Crippen molar-refractivity contribution in [2.75, 3.05) is 26.1 Å². The zero-order valence-corrected chi connectivity index (χ0v) is 11.1. The number of alkyl halides is 1. The van der Waals surface area contributed by atoms with Gasteiger partial charge in [-0.3, -0.25) is 4.79 Å². The summed E-state index contributed by atoms with van der Waals surface area (Å²) in [4.78, 5) is 13.0. The molecule has 0 spiro atoms. The molecule has 0 aromatic heterocycles. The molecule has 0 N–H and O–H groups in total. The Balaban J connectivity index is 2.10. The quantitative estimate of drug-likeness (QED) is 0.789. The minimum atomic E-state index is -0.0937. The summed E-state index contributed by atoms with van der Waals surface area (Å²) < 4.78 is 11.2. The number of carbonyl (C=O) groups is 1. The van der Waals surface area contributed by atoms with Crippen LogP contribution in [0.3, 0.4) is 0 Å². The highest BCUT2D eigenvalue weighted by Crippen LogP contribution is 2.30. The molecule has 0 bridgehead atoms. The SMILES string of the molecule is CN(Cc1ccc2c(c1)OCCCO2)C(=O)CCl. The topological polar surface area (TPSA) is 38.8 Å². The first-order valence-corrected chi connectivity index (χ1v) is 6.42. The molecule has 4 nitrogen and oxygen atoms in total. The fraction of sp³-hybridized carbons (Fsp3) is 0.462. The zero-order chi connectivity index (χ0) is 13.0. The second kappa shape index (κ2) is 5.96. The van der Waals surface area contributed by atoms with E-state index in [1.807, 2.05) is 18.2 Å². The summed E-state index contributed by atoms with van der Waals surface area (Å²) in [5.74, 6) is 1.42. The number of hydrogen-bond acceptors (Lipinski definition) is 3. The van der Waals surface area contributed by atoms with E-state index in [4.69, 9.17) is 21.1 Å². The molecule has 1 aromatic rings. The Labute approximate surface area is 111 Å². The van der Waals surface area contributed by atoms with Crippen LogP contribution in [0.5, 0.6) is 11.5 Å². The Hall–Kier alpha value is -1.42. The normalized spacial score (nSPS) is 13.9. The van der Waals surface area contributed by atoms with Crippen LogP contribution >= 0.6 is 11.6 Å². The van der Waals surface area contributed by atoms with Crippen molar-refractivity contribution in [3.8, 4) is 11.5 Å². The zero-order valence-electron chi connectivity index (χ0n) is 10.3. The van der Waals surface area contributed by atoms with E-state index in [1.54, 1.807) is 11.9 Å². The molecule has 0 atom stereocenters. The van der Waals surface area contributed by atoms with Crippen molar-refractivity contribution >= 4 is 17.5 Å². The van der Waals surface area contributed by atoms with Gasteiger partial charge >= 0.3 is 0 Å². The summed E-state index contributed by atoms with van der Waals surface area (Å²) in [7, 11) is 1.73. The Morgan fingerprint density at radius 3 is 2.78 bits per heavy atom. The van der Waals surface area contributed by atoms with Gasteiger partial charge in [-0.1, -0.05) is 6.07 Å². The van der Waals surface area contributed by atoms with Crippen molar-refractivity contribution in [3.05, 3.63) is 23.8 Å². The maximum absolute atomic E-state index is 11.4. The van der Waals surface area contributed by atoms with E-state index in [0.717, 1.165) is 23.5 Å². The number of amides is 1. The highest BCUT2D eigenvalue weighted by molar-refractivity contribution is 6.27. The van der Waals surface area contributed by atoms with Crippen molar-refractivity contribution in [1.29, 1.82) is 0 Å². The van der Waals surface area contributed by atoms with E-state index in [1.165, 1.54) is 0 Å². The van der Waals surface area contributed by atoms with Gasteiger partial charge in [0.05, 0.1) is 13.2 Å². The predicted molar refractivity (Wildman–Crippen MR) is 69.2 cm³/mol. The number of carbonyl (C=O) groups excluding carboxylic acids is 1. The fourth-order valence-corrected chi connectivity index (χ4v) is 1.97. The van der Waals surface area contributed by atoms with Gasteiger partial charge in [-0.05, 0) is 17.7 Å². The Kier molecular flexibility index (Phi) is 4.31. The van der Waals surface area contributed by atoms with Gasteiger partial charge in [0.15, 0.2) is 11.5 Å². The number of nitrogens with zero attached hydrogens (tertiary/aromatic N) is 1. The molecule has 0 radical (unpaired) electrons. The van der Waals surface area contributed by atoms with Crippen LogP contribution in [0.2, 0.25) is 0 Å². The van der Waals surface area contributed by atoms with Crippen LogP contribution in [0, 0.1) is 0 Å².